The minimum absolute atomic E-state index is 0.135. The van der Waals surface area contributed by atoms with Gasteiger partial charge in [0.05, 0.1) is 12.4 Å². The third-order valence-corrected chi connectivity index (χ3v) is 3.69. The Balaban J connectivity index is 1.72. The molecule has 6 heteroatoms. The van der Waals surface area contributed by atoms with Crippen molar-refractivity contribution in [3.05, 3.63) is 30.2 Å². The first-order valence-electron chi connectivity index (χ1n) is 6.63. The van der Waals surface area contributed by atoms with Crippen LogP contribution < -0.4 is 0 Å². The molecule has 0 radical (unpaired) electrons. The standard InChI is InChI=1S/C14H16N2O4/c1-9(17)10-4-5-16(8-10)14(18)11-7-13(20-15-11)12-3-2-6-19-12/h2-3,6-7,9-10,17H,4-5,8H2,1H3. The molecular formula is C14H16N2O4. The molecule has 2 aromatic heterocycles. The largest absolute Gasteiger partial charge is 0.461 e. The zero-order chi connectivity index (χ0) is 14.1. The van der Waals surface area contributed by atoms with Gasteiger partial charge in [0.25, 0.3) is 5.91 Å². The average molecular weight is 276 g/mol. The lowest BCUT2D eigenvalue weighted by atomic mass is 10.0. The van der Waals surface area contributed by atoms with Gasteiger partial charge in [-0.1, -0.05) is 5.16 Å². The number of aliphatic hydroxyl groups excluding tert-OH is 1. The summed E-state index contributed by atoms with van der Waals surface area (Å²) in [4.78, 5) is 14.0. The van der Waals surface area contributed by atoms with Gasteiger partial charge in [0, 0.05) is 25.1 Å². The van der Waals surface area contributed by atoms with Gasteiger partial charge in [-0.15, -0.1) is 0 Å². The smallest absolute Gasteiger partial charge is 0.276 e. The Morgan fingerprint density at radius 3 is 3.05 bits per heavy atom. The van der Waals surface area contributed by atoms with Crippen LogP contribution in [-0.2, 0) is 0 Å². The van der Waals surface area contributed by atoms with Gasteiger partial charge >= 0.3 is 0 Å². The minimum atomic E-state index is -0.399. The van der Waals surface area contributed by atoms with Gasteiger partial charge in [0.1, 0.15) is 0 Å². The first-order valence-corrected chi connectivity index (χ1v) is 6.63. The van der Waals surface area contributed by atoms with Crippen molar-refractivity contribution in [1.29, 1.82) is 0 Å². The van der Waals surface area contributed by atoms with Crippen LogP contribution in [-0.4, -0.2) is 40.3 Å². The van der Waals surface area contributed by atoms with Crippen molar-refractivity contribution in [2.45, 2.75) is 19.4 Å². The van der Waals surface area contributed by atoms with E-state index in [4.69, 9.17) is 8.94 Å². The molecule has 20 heavy (non-hydrogen) atoms. The Hall–Kier alpha value is -2.08. The van der Waals surface area contributed by atoms with Crippen LogP contribution in [0.4, 0.5) is 0 Å². The van der Waals surface area contributed by atoms with Crippen molar-refractivity contribution in [1.82, 2.24) is 10.1 Å². The van der Waals surface area contributed by atoms with Crippen LogP contribution >= 0.6 is 0 Å². The minimum Gasteiger partial charge on any atom is -0.461 e. The Kier molecular flexibility index (Phi) is 3.31. The number of carbonyl (C=O) groups is 1. The molecule has 0 aromatic carbocycles. The van der Waals surface area contributed by atoms with Gasteiger partial charge in [-0.05, 0) is 25.5 Å². The molecule has 0 saturated carbocycles. The van der Waals surface area contributed by atoms with Crippen LogP contribution in [0.5, 0.6) is 0 Å². The molecule has 0 spiro atoms. The summed E-state index contributed by atoms with van der Waals surface area (Å²) in [7, 11) is 0. The lowest BCUT2D eigenvalue weighted by Crippen LogP contribution is -2.30. The van der Waals surface area contributed by atoms with E-state index in [1.807, 2.05) is 0 Å². The number of aromatic nitrogens is 1. The Morgan fingerprint density at radius 1 is 1.55 bits per heavy atom. The molecule has 6 nitrogen and oxygen atoms in total. The molecule has 1 amide bonds. The van der Waals surface area contributed by atoms with E-state index < -0.39 is 6.10 Å². The van der Waals surface area contributed by atoms with Gasteiger partial charge in [-0.25, -0.2) is 0 Å². The molecular weight excluding hydrogens is 260 g/mol. The van der Waals surface area contributed by atoms with Gasteiger partial charge in [0.2, 0.25) is 5.76 Å². The van der Waals surface area contributed by atoms with E-state index >= 15 is 0 Å². The molecule has 106 valence electrons. The zero-order valence-corrected chi connectivity index (χ0v) is 11.2. The third-order valence-electron chi connectivity index (χ3n) is 3.69. The fourth-order valence-corrected chi connectivity index (χ4v) is 2.44. The first kappa shape index (κ1) is 12.9. The SMILES string of the molecule is CC(O)C1CCN(C(=O)c2cc(-c3ccco3)on2)C1. The van der Waals surface area contributed by atoms with E-state index in [-0.39, 0.29) is 17.5 Å². The maximum absolute atomic E-state index is 12.3. The fraction of sp³-hybridized carbons (Fsp3) is 0.429. The van der Waals surface area contributed by atoms with Crippen molar-refractivity contribution in [2.75, 3.05) is 13.1 Å². The number of furan rings is 1. The normalized spacial score (nSPS) is 20.3. The summed E-state index contributed by atoms with van der Waals surface area (Å²) in [5.74, 6) is 0.939. The molecule has 2 unspecified atom stereocenters. The summed E-state index contributed by atoms with van der Waals surface area (Å²) in [5.41, 5.74) is 0.266. The number of nitrogens with zero attached hydrogens (tertiary/aromatic N) is 2. The quantitative estimate of drug-likeness (QED) is 0.924. The highest BCUT2D eigenvalue weighted by molar-refractivity contribution is 5.93. The molecule has 2 aromatic rings. The number of hydrogen-bond donors (Lipinski definition) is 1. The molecule has 1 saturated heterocycles. The number of aliphatic hydroxyl groups is 1. The molecule has 3 rings (SSSR count). The second kappa shape index (κ2) is 5.13. The Bertz CT molecular complexity index is 588. The summed E-state index contributed by atoms with van der Waals surface area (Å²) in [5, 5.41) is 13.4. The van der Waals surface area contributed by atoms with Gasteiger partial charge in [-0.3, -0.25) is 4.79 Å². The number of likely N-dealkylation sites (tertiary alicyclic amines) is 1. The predicted octanol–water partition coefficient (Wildman–Crippen LogP) is 1.78. The molecule has 2 atom stereocenters. The number of rotatable bonds is 3. The summed E-state index contributed by atoms with van der Waals surface area (Å²) < 4.78 is 10.3. The zero-order valence-electron chi connectivity index (χ0n) is 11.2. The number of hydrogen-bond acceptors (Lipinski definition) is 5. The Labute approximate surface area is 116 Å². The first-order chi connectivity index (χ1) is 9.65. The molecule has 1 aliphatic rings. The summed E-state index contributed by atoms with van der Waals surface area (Å²) in [6.07, 6.45) is 1.95. The second-order valence-corrected chi connectivity index (χ2v) is 5.09. The van der Waals surface area contributed by atoms with Crippen LogP contribution in [0.2, 0.25) is 0 Å². The molecule has 3 heterocycles. The van der Waals surface area contributed by atoms with E-state index in [0.29, 0.717) is 24.6 Å². The van der Waals surface area contributed by atoms with E-state index in [2.05, 4.69) is 5.16 Å². The van der Waals surface area contributed by atoms with Crippen LogP contribution in [0.15, 0.2) is 33.4 Å². The summed E-state index contributed by atoms with van der Waals surface area (Å²) in [6.45, 7) is 2.94. The molecule has 0 aliphatic carbocycles. The number of amides is 1. The van der Waals surface area contributed by atoms with Crippen molar-refractivity contribution in [3.63, 3.8) is 0 Å². The Morgan fingerprint density at radius 2 is 2.40 bits per heavy atom. The third kappa shape index (κ3) is 2.34. The fourth-order valence-electron chi connectivity index (χ4n) is 2.44. The van der Waals surface area contributed by atoms with E-state index in [1.165, 1.54) is 6.26 Å². The van der Waals surface area contributed by atoms with Gasteiger partial charge in [-0.2, -0.15) is 0 Å². The van der Waals surface area contributed by atoms with E-state index in [9.17, 15) is 9.90 Å². The van der Waals surface area contributed by atoms with Crippen molar-refractivity contribution >= 4 is 5.91 Å². The van der Waals surface area contributed by atoms with Crippen LogP contribution in [0.3, 0.4) is 0 Å². The monoisotopic (exact) mass is 276 g/mol. The highest BCUT2D eigenvalue weighted by Gasteiger charge is 2.31. The van der Waals surface area contributed by atoms with Gasteiger partial charge in [0.15, 0.2) is 11.5 Å². The topological polar surface area (TPSA) is 79.7 Å². The number of carbonyl (C=O) groups excluding carboxylic acids is 1. The van der Waals surface area contributed by atoms with Crippen LogP contribution in [0, 0.1) is 5.92 Å². The molecule has 1 N–H and O–H groups in total. The predicted molar refractivity (Wildman–Crippen MR) is 69.9 cm³/mol. The van der Waals surface area contributed by atoms with Crippen LogP contribution in [0.1, 0.15) is 23.8 Å². The lowest BCUT2D eigenvalue weighted by Gasteiger charge is -2.16. The molecule has 0 bridgehead atoms. The summed E-state index contributed by atoms with van der Waals surface area (Å²) in [6, 6.07) is 5.07. The molecule has 1 aliphatic heterocycles. The van der Waals surface area contributed by atoms with Crippen molar-refractivity contribution < 1.29 is 18.8 Å². The average Bonchev–Trinajstić information content (AvgIpc) is 3.17. The van der Waals surface area contributed by atoms with E-state index in [0.717, 1.165) is 6.42 Å². The highest BCUT2D eigenvalue weighted by Crippen LogP contribution is 2.24. The highest BCUT2D eigenvalue weighted by atomic mass is 16.5. The van der Waals surface area contributed by atoms with E-state index in [1.54, 1.807) is 30.0 Å². The summed E-state index contributed by atoms with van der Waals surface area (Å²) >= 11 is 0. The van der Waals surface area contributed by atoms with Crippen molar-refractivity contribution in [2.24, 2.45) is 5.92 Å². The maximum atomic E-state index is 12.3. The lowest BCUT2D eigenvalue weighted by molar-refractivity contribution is 0.0752. The van der Waals surface area contributed by atoms with Crippen LogP contribution in [0.25, 0.3) is 11.5 Å². The molecule has 1 fully saturated rings. The van der Waals surface area contributed by atoms with Crippen molar-refractivity contribution in [3.8, 4) is 11.5 Å². The maximum Gasteiger partial charge on any atom is 0.276 e. The second-order valence-electron chi connectivity index (χ2n) is 5.09. The van der Waals surface area contributed by atoms with Gasteiger partial charge < -0.3 is 18.9 Å².